The van der Waals surface area contributed by atoms with Crippen molar-refractivity contribution >= 4 is 5.69 Å². The molecule has 0 spiro atoms. The molecule has 0 radical (unpaired) electrons. The first kappa shape index (κ1) is 9.50. The molecule has 1 aromatic heterocycles. The second-order valence-corrected chi connectivity index (χ2v) is 3.94. The third-order valence-electron chi connectivity index (χ3n) is 3.15. The maximum absolute atomic E-state index is 6.11. The lowest BCUT2D eigenvalue weighted by atomic mass is 10.0. The second kappa shape index (κ2) is 3.60. The van der Waals surface area contributed by atoms with Crippen LogP contribution in [0.5, 0.6) is 0 Å². The van der Waals surface area contributed by atoms with Crippen molar-refractivity contribution in [2.75, 3.05) is 5.73 Å². The van der Waals surface area contributed by atoms with Crippen molar-refractivity contribution in [3.05, 3.63) is 22.5 Å². The molecule has 1 aromatic rings. The fraction of sp³-hybridized carbons (Fsp3) is 0.583. The summed E-state index contributed by atoms with van der Waals surface area (Å²) in [5, 5.41) is 0. The van der Waals surface area contributed by atoms with E-state index >= 15 is 0 Å². The number of hydrogen-bond acceptors (Lipinski definition) is 2. The minimum atomic E-state index is 0.951. The minimum Gasteiger partial charge on any atom is -0.397 e. The first-order valence-electron chi connectivity index (χ1n) is 5.56. The van der Waals surface area contributed by atoms with Crippen LogP contribution in [0.3, 0.4) is 0 Å². The molecule has 0 aromatic carbocycles. The Labute approximate surface area is 85.5 Å². The predicted octanol–water partition coefficient (Wildman–Crippen LogP) is 2.28. The van der Waals surface area contributed by atoms with Crippen molar-refractivity contribution in [1.29, 1.82) is 0 Å². The summed E-state index contributed by atoms with van der Waals surface area (Å²) in [5.74, 6) is 0. The lowest BCUT2D eigenvalue weighted by Gasteiger charge is -2.13. The van der Waals surface area contributed by atoms with Crippen LogP contribution in [0, 0.1) is 0 Å². The van der Waals surface area contributed by atoms with Gasteiger partial charge in [0.2, 0.25) is 0 Å². The summed E-state index contributed by atoms with van der Waals surface area (Å²) in [7, 11) is 0. The molecule has 1 heterocycles. The molecule has 0 atom stereocenters. The van der Waals surface area contributed by atoms with Gasteiger partial charge in [-0.15, -0.1) is 0 Å². The third kappa shape index (κ3) is 1.29. The van der Waals surface area contributed by atoms with Gasteiger partial charge in [0.15, 0.2) is 0 Å². The number of pyridine rings is 1. The summed E-state index contributed by atoms with van der Waals surface area (Å²) in [6.07, 6.45) is 5.58. The van der Waals surface area contributed by atoms with Crippen LogP contribution < -0.4 is 5.73 Å². The van der Waals surface area contributed by atoms with Gasteiger partial charge in [-0.3, -0.25) is 4.98 Å². The quantitative estimate of drug-likeness (QED) is 0.777. The van der Waals surface area contributed by atoms with E-state index in [2.05, 4.69) is 18.8 Å². The zero-order valence-corrected chi connectivity index (χ0v) is 9.06. The zero-order valence-electron chi connectivity index (χ0n) is 9.06. The van der Waals surface area contributed by atoms with Crippen molar-refractivity contribution < 1.29 is 0 Å². The Balaban J connectivity index is 2.60. The van der Waals surface area contributed by atoms with E-state index in [1.165, 1.54) is 29.7 Å². The number of aromatic nitrogens is 1. The van der Waals surface area contributed by atoms with Crippen LogP contribution in [-0.2, 0) is 25.7 Å². The van der Waals surface area contributed by atoms with Gasteiger partial charge >= 0.3 is 0 Å². The number of nitrogen functional groups attached to an aromatic ring is 1. The summed E-state index contributed by atoms with van der Waals surface area (Å²) < 4.78 is 0. The van der Waals surface area contributed by atoms with Gasteiger partial charge in [-0.25, -0.2) is 0 Å². The number of anilines is 1. The van der Waals surface area contributed by atoms with Gasteiger partial charge in [0.05, 0.1) is 11.4 Å². The molecular formula is C12H18N2. The normalized spacial score (nSPS) is 14.4. The van der Waals surface area contributed by atoms with E-state index in [9.17, 15) is 0 Å². The van der Waals surface area contributed by atoms with Crippen LogP contribution in [0.2, 0.25) is 0 Å². The van der Waals surface area contributed by atoms with E-state index in [4.69, 9.17) is 5.73 Å². The molecule has 2 rings (SSSR count). The van der Waals surface area contributed by atoms with E-state index in [-0.39, 0.29) is 0 Å². The number of hydrogen-bond donors (Lipinski definition) is 1. The minimum absolute atomic E-state index is 0.951. The van der Waals surface area contributed by atoms with Gasteiger partial charge in [0.25, 0.3) is 0 Å². The number of nitrogens with two attached hydrogens (primary N) is 1. The predicted molar refractivity (Wildman–Crippen MR) is 59.4 cm³/mol. The highest BCUT2D eigenvalue weighted by Gasteiger charge is 2.19. The average molecular weight is 190 g/mol. The highest BCUT2D eigenvalue weighted by Crippen LogP contribution is 2.30. The van der Waals surface area contributed by atoms with E-state index in [0.29, 0.717) is 0 Å². The van der Waals surface area contributed by atoms with Crippen molar-refractivity contribution in [1.82, 2.24) is 4.98 Å². The molecule has 2 N–H and O–H groups in total. The van der Waals surface area contributed by atoms with Crippen molar-refractivity contribution in [2.45, 2.75) is 46.0 Å². The van der Waals surface area contributed by atoms with Gasteiger partial charge < -0.3 is 5.73 Å². The molecule has 0 aliphatic heterocycles. The summed E-state index contributed by atoms with van der Waals surface area (Å²) in [5.41, 5.74) is 12.3. The zero-order chi connectivity index (χ0) is 10.1. The first-order chi connectivity index (χ1) is 6.77. The molecule has 1 aliphatic carbocycles. The van der Waals surface area contributed by atoms with Gasteiger partial charge in [-0.2, -0.15) is 0 Å². The van der Waals surface area contributed by atoms with E-state index in [0.717, 1.165) is 30.6 Å². The summed E-state index contributed by atoms with van der Waals surface area (Å²) in [4.78, 5) is 4.65. The highest BCUT2D eigenvalue weighted by molar-refractivity contribution is 5.56. The Morgan fingerprint density at radius 1 is 1.21 bits per heavy atom. The Kier molecular flexibility index (Phi) is 2.44. The van der Waals surface area contributed by atoms with E-state index < -0.39 is 0 Å². The molecule has 2 heteroatoms. The van der Waals surface area contributed by atoms with Gasteiger partial charge in [0.1, 0.15) is 0 Å². The molecule has 0 saturated carbocycles. The van der Waals surface area contributed by atoms with Crippen molar-refractivity contribution in [3.63, 3.8) is 0 Å². The molecule has 76 valence electrons. The highest BCUT2D eigenvalue weighted by atomic mass is 14.8. The Morgan fingerprint density at radius 2 is 2.00 bits per heavy atom. The van der Waals surface area contributed by atoms with Crippen molar-refractivity contribution in [3.8, 4) is 0 Å². The lowest BCUT2D eigenvalue weighted by Crippen LogP contribution is -2.06. The summed E-state index contributed by atoms with van der Waals surface area (Å²) in [6.45, 7) is 4.31. The topological polar surface area (TPSA) is 38.9 Å². The summed E-state index contributed by atoms with van der Waals surface area (Å²) >= 11 is 0. The van der Waals surface area contributed by atoms with Crippen LogP contribution in [0.1, 0.15) is 42.8 Å². The second-order valence-electron chi connectivity index (χ2n) is 3.94. The summed E-state index contributed by atoms with van der Waals surface area (Å²) in [6, 6.07) is 0. The third-order valence-corrected chi connectivity index (χ3v) is 3.15. The molecule has 14 heavy (non-hydrogen) atoms. The van der Waals surface area contributed by atoms with Crippen LogP contribution in [0.4, 0.5) is 5.69 Å². The SMILES string of the molecule is CCc1nc2c(c(CC)c1N)CCC2. The standard InChI is InChI=1S/C12H18N2/c1-3-8-9-6-5-7-11(9)14-10(4-2)12(8)13/h3-7,13H2,1-2H3. The first-order valence-corrected chi connectivity index (χ1v) is 5.56. The van der Waals surface area contributed by atoms with Gasteiger partial charge in [-0.1, -0.05) is 13.8 Å². The number of aryl methyl sites for hydroxylation is 2. The molecule has 0 unspecified atom stereocenters. The van der Waals surface area contributed by atoms with Crippen LogP contribution in [-0.4, -0.2) is 4.98 Å². The van der Waals surface area contributed by atoms with Crippen molar-refractivity contribution in [2.24, 2.45) is 0 Å². The number of rotatable bonds is 2. The fourth-order valence-electron chi connectivity index (χ4n) is 2.41. The fourth-order valence-corrected chi connectivity index (χ4v) is 2.41. The van der Waals surface area contributed by atoms with E-state index in [1.54, 1.807) is 0 Å². The lowest BCUT2D eigenvalue weighted by molar-refractivity contribution is 0.891. The van der Waals surface area contributed by atoms with Crippen LogP contribution in [0.15, 0.2) is 0 Å². The smallest absolute Gasteiger partial charge is 0.0636 e. The molecule has 0 amide bonds. The largest absolute Gasteiger partial charge is 0.397 e. The molecular weight excluding hydrogens is 172 g/mol. The monoisotopic (exact) mass is 190 g/mol. The maximum Gasteiger partial charge on any atom is 0.0636 e. The Hall–Kier alpha value is -1.05. The molecule has 0 saturated heterocycles. The van der Waals surface area contributed by atoms with Crippen LogP contribution in [0.25, 0.3) is 0 Å². The van der Waals surface area contributed by atoms with Gasteiger partial charge in [0, 0.05) is 5.69 Å². The Bertz CT molecular complexity index is 355. The number of fused-ring (bicyclic) bond motifs is 1. The molecule has 0 fully saturated rings. The molecule has 0 bridgehead atoms. The molecule has 1 aliphatic rings. The average Bonchev–Trinajstić information content (AvgIpc) is 2.64. The maximum atomic E-state index is 6.11. The Morgan fingerprint density at radius 3 is 2.64 bits per heavy atom. The van der Waals surface area contributed by atoms with Crippen LogP contribution >= 0.6 is 0 Å². The van der Waals surface area contributed by atoms with Gasteiger partial charge in [-0.05, 0) is 43.2 Å². The molecule has 2 nitrogen and oxygen atoms in total. The number of nitrogens with zero attached hydrogens (tertiary/aromatic N) is 1. The van der Waals surface area contributed by atoms with E-state index in [1.807, 2.05) is 0 Å².